The van der Waals surface area contributed by atoms with Crippen LogP contribution in [0.3, 0.4) is 0 Å². The molecule has 3 atom stereocenters. The van der Waals surface area contributed by atoms with Crippen LogP contribution in [0.25, 0.3) is 0 Å². The Morgan fingerprint density at radius 3 is 1.88 bits per heavy atom. The summed E-state index contributed by atoms with van der Waals surface area (Å²) in [6.07, 6.45) is -1.21. The van der Waals surface area contributed by atoms with E-state index in [0.717, 1.165) is 16.9 Å². The van der Waals surface area contributed by atoms with Crippen LogP contribution in [0, 0.1) is 0 Å². The first-order valence-corrected chi connectivity index (χ1v) is 13.2. The maximum Gasteiger partial charge on any atom is 0.325 e. The summed E-state index contributed by atoms with van der Waals surface area (Å²) in [5.41, 5.74) is 2.49. The summed E-state index contributed by atoms with van der Waals surface area (Å²) in [5, 5.41) is 14.5. The molecule has 0 radical (unpaired) electrons. The van der Waals surface area contributed by atoms with Crippen molar-refractivity contribution in [1.82, 2.24) is 5.32 Å². The Balaban J connectivity index is 1.51. The molecule has 2 unspecified atom stereocenters. The zero-order valence-electron chi connectivity index (χ0n) is 22.7. The SMILES string of the molecule is COC(=O)[C@@H](NC(C)COc1ccccc1)C(O)c1ccc(OCc2ccccc2)c(OCc2ccccc2)c1. The number of ether oxygens (including phenoxy) is 4. The van der Waals surface area contributed by atoms with Crippen molar-refractivity contribution in [2.45, 2.75) is 38.3 Å². The van der Waals surface area contributed by atoms with Crippen LogP contribution in [0.15, 0.2) is 109 Å². The van der Waals surface area contributed by atoms with E-state index in [4.69, 9.17) is 18.9 Å². The number of rotatable bonds is 14. The molecule has 4 aromatic rings. The topological polar surface area (TPSA) is 86.3 Å². The Labute approximate surface area is 235 Å². The van der Waals surface area contributed by atoms with Crippen molar-refractivity contribution in [1.29, 1.82) is 0 Å². The van der Waals surface area contributed by atoms with Gasteiger partial charge in [0.1, 0.15) is 37.7 Å². The summed E-state index contributed by atoms with van der Waals surface area (Å²) >= 11 is 0. The summed E-state index contributed by atoms with van der Waals surface area (Å²) in [7, 11) is 1.30. The van der Waals surface area contributed by atoms with E-state index in [-0.39, 0.29) is 6.04 Å². The second kappa shape index (κ2) is 14.7. The maximum atomic E-state index is 12.7. The predicted octanol–water partition coefficient (Wildman–Crippen LogP) is 5.48. The highest BCUT2D eigenvalue weighted by molar-refractivity contribution is 5.77. The molecule has 7 heteroatoms. The highest BCUT2D eigenvalue weighted by Gasteiger charge is 2.31. The van der Waals surface area contributed by atoms with Gasteiger partial charge in [-0.2, -0.15) is 0 Å². The van der Waals surface area contributed by atoms with E-state index in [1.165, 1.54) is 7.11 Å². The summed E-state index contributed by atoms with van der Waals surface area (Å²) in [4.78, 5) is 12.7. The lowest BCUT2D eigenvalue weighted by Gasteiger charge is -2.26. The Morgan fingerprint density at radius 1 is 0.750 bits per heavy atom. The van der Waals surface area contributed by atoms with Crippen LogP contribution in [0.1, 0.15) is 29.7 Å². The minimum absolute atomic E-state index is 0.263. The van der Waals surface area contributed by atoms with Gasteiger partial charge < -0.3 is 24.1 Å². The molecule has 4 aromatic carbocycles. The lowest BCUT2D eigenvalue weighted by molar-refractivity contribution is -0.146. The fourth-order valence-corrected chi connectivity index (χ4v) is 4.11. The number of benzene rings is 4. The third-order valence-electron chi connectivity index (χ3n) is 6.26. The largest absolute Gasteiger partial charge is 0.492 e. The minimum atomic E-state index is -1.21. The van der Waals surface area contributed by atoms with E-state index < -0.39 is 18.1 Å². The zero-order valence-corrected chi connectivity index (χ0v) is 22.7. The van der Waals surface area contributed by atoms with Gasteiger partial charge in [0.25, 0.3) is 0 Å². The Bertz CT molecular complexity index is 1320. The van der Waals surface area contributed by atoms with E-state index in [1.807, 2.05) is 97.9 Å². The number of hydrogen-bond acceptors (Lipinski definition) is 7. The summed E-state index contributed by atoms with van der Waals surface area (Å²) in [5.74, 6) is 1.12. The number of methoxy groups -OCH3 is 1. The van der Waals surface area contributed by atoms with Gasteiger partial charge in [-0.05, 0) is 47.9 Å². The summed E-state index contributed by atoms with van der Waals surface area (Å²) in [6, 6.07) is 32.9. The van der Waals surface area contributed by atoms with Crippen molar-refractivity contribution in [2.75, 3.05) is 13.7 Å². The van der Waals surface area contributed by atoms with Crippen molar-refractivity contribution in [3.63, 3.8) is 0 Å². The molecule has 0 aliphatic heterocycles. The number of aliphatic hydroxyl groups excluding tert-OH is 1. The van der Waals surface area contributed by atoms with E-state index in [1.54, 1.807) is 18.2 Å². The highest BCUT2D eigenvalue weighted by Crippen LogP contribution is 2.33. The van der Waals surface area contributed by atoms with Gasteiger partial charge in [0.15, 0.2) is 11.5 Å². The predicted molar refractivity (Wildman–Crippen MR) is 153 cm³/mol. The summed E-state index contributed by atoms with van der Waals surface area (Å²) in [6.45, 7) is 2.84. The van der Waals surface area contributed by atoms with Gasteiger partial charge in [-0.25, -0.2) is 0 Å². The highest BCUT2D eigenvalue weighted by atomic mass is 16.5. The van der Waals surface area contributed by atoms with Gasteiger partial charge in [0.2, 0.25) is 0 Å². The number of nitrogens with one attached hydrogen (secondary N) is 1. The quantitative estimate of drug-likeness (QED) is 0.205. The lowest BCUT2D eigenvalue weighted by atomic mass is 10.0. The molecule has 0 aliphatic carbocycles. The fourth-order valence-electron chi connectivity index (χ4n) is 4.11. The molecule has 0 aromatic heterocycles. The van der Waals surface area contributed by atoms with Crippen LogP contribution in [-0.2, 0) is 22.7 Å². The van der Waals surface area contributed by atoms with Crippen molar-refractivity contribution in [3.05, 3.63) is 126 Å². The van der Waals surface area contributed by atoms with Crippen molar-refractivity contribution in [3.8, 4) is 17.2 Å². The number of aliphatic hydroxyl groups is 1. The van der Waals surface area contributed by atoms with E-state index in [2.05, 4.69) is 5.32 Å². The first-order chi connectivity index (χ1) is 19.5. The van der Waals surface area contributed by atoms with Crippen molar-refractivity contribution < 1.29 is 28.8 Å². The molecule has 40 heavy (non-hydrogen) atoms. The molecule has 0 saturated carbocycles. The average molecular weight is 542 g/mol. The van der Waals surface area contributed by atoms with Crippen LogP contribution in [0.4, 0.5) is 0 Å². The molecule has 0 fully saturated rings. The average Bonchev–Trinajstić information content (AvgIpc) is 3.01. The number of carbonyl (C=O) groups excluding carboxylic acids is 1. The molecule has 0 heterocycles. The standard InChI is InChI=1S/C33H35NO6/c1-24(21-38-28-16-10-5-11-17-28)34-31(33(36)37-2)32(35)27-18-19-29(39-22-25-12-6-3-7-13-25)30(20-27)40-23-26-14-8-4-9-15-26/h3-20,24,31-32,34-35H,21-23H2,1-2H3/t24?,31-,32?/m0/s1. The van der Waals surface area contributed by atoms with E-state index in [0.29, 0.717) is 36.9 Å². The van der Waals surface area contributed by atoms with Crippen molar-refractivity contribution >= 4 is 5.97 Å². The van der Waals surface area contributed by atoms with Gasteiger partial charge in [0.05, 0.1) is 7.11 Å². The van der Waals surface area contributed by atoms with Crippen molar-refractivity contribution in [2.24, 2.45) is 0 Å². The smallest absolute Gasteiger partial charge is 0.325 e. The molecule has 7 nitrogen and oxygen atoms in total. The molecular weight excluding hydrogens is 506 g/mol. The Morgan fingerprint density at radius 2 is 1.30 bits per heavy atom. The van der Waals surface area contributed by atoms with Gasteiger partial charge >= 0.3 is 5.97 Å². The van der Waals surface area contributed by atoms with E-state index >= 15 is 0 Å². The number of para-hydroxylation sites is 1. The molecule has 0 aliphatic rings. The molecule has 0 spiro atoms. The number of esters is 1. The minimum Gasteiger partial charge on any atom is -0.492 e. The van der Waals surface area contributed by atoms with Crippen LogP contribution in [0.5, 0.6) is 17.2 Å². The Hall–Kier alpha value is -4.33. The lowest BCUT2D eigenvalue weighted by Crippen LogP contribution is -2.48. The second-order valence-corrected chi connectivity index (χ2v) is 9.39. The third-order valence-corrected chi connectivity index (χ3v) is 6.26. The van der Waals surface area contributed by atoms with Gasteiger partial charge in [-0.15, -0.1) is 0 Å². The third kappa shape index (κ3) is 8.33. The van der Waals surface area contributed by atoms with Crippen LogP contribution in [-0.4, -0.2) is 36.9 Å². The van der Waals surface area contributed by atoms with Gasteiger partial charge in [-0.3, -0.25) is 10.1 Å². The molecule has 208 valence electrons. The molecule has 0 amide bonds. The first-order valence-electron chi connectivity index (χ1n) is 13.2. The van der Waals surface area contributed by atoms with Crippen LogP contribution < -0.4 is 19.5 Å². The normalized spacial score (nSPS) is 13.1. The first kappa shape index (κ1) is 28.7. The fraction of sp³-hybridized carbons (Fsp3) is 0.242. The number of hydrogen-bond donors (Lipinski definition) is 2. The molecular formula is C33H35NO6. The molecule has 4 rings (SSSR count). The van der Waals surface area contributed by atoms with Crippen LogP contribution in [0.2, 0.25) is 0 Å². The molecule has 2 N–H and O–H groups in total. The monoisotopic (exact) mass is 541 g/mol. The van der Waals surface area contributed by atoms with Gasteiger partial charge in [0, 0.05) is 6.04 Å². The van der Waals surface area contributed by atoms with E-state index in [9.17, 15) is 9.90 Å². The molecule has 0 bridgehead atoms. The Kier molecular flexibility index (Phi) is 10.6. The summed E-state index contributed by atoms with van der Waals surface area (Å²) < 4.78 is 23.0. The maximum absolute atomic E-state index is 12.7. The van der Waals surface area contributed by atoms with Gasteiger partial charge in [-0.1, -0.05) is 84.9 Å². The van der Waals surface area contributed by atoms with Crippen LogP contribution >= 0.6 is 0 Å². The second-order valence-electron chi connectivity index (χ2n) is 9.39. The number of carbonyl (C=O) groups is 1. The zero-order chi connectivity index (χ0) is 28.2. The molecule has 0 saturated heterocycles.